The van der Waals surface area contributed by atoms with Crippen LogP contribution in [0.4, 0.5) is 20.4 Å². The Labute approximate surface area is 251 Å². The number of hydrogen-bond acceptors (Lipinski definition) is 16. The second-order valence-electron chi connectivity index (χ2n) is 10.2. The van der Waals surface area contributed by atoms with Crippen molar-refractivity contribution in [2.45, 2.75) is 49.2 Å². The van der Waals surface area contributed by atoms with Crippen LogP contribution in [0.3, 0.4) is 0 Å². The number of aromatic nitrogens is 8. The predicted molar refractivity (Wildman–Crippen MR) is 151 cm³/mol. The molecule has 24 heteroatoms. The zero-order valence-corrected chi connectivity index (χ0v) is 25.1. The molecule has 0 aromatic carbocycles. The summed E-state index contributed by atoms with van der Waals surface area (Å²) in [6.45, 7) is -5.56. The Balaban J connectivity index is 1.17. The monoisotopic (exact) mass is 674 g/mol. The van der Waals surface area contributed by atoms with Crippen LogP contribution in [0.1, 0.15) is 12.5 Å². The third-order valence-corrected chi connectivity index (χ3v) is 10.2. The second-order valence-corrected chi connectivity index (χ2v) is 15.0. The van der Waals surface area contributed by atoms with Crippen molar-refractivity contribution in [3.05, 3.63) is 25.3 Å². The highest BCUT2D eigenvalue weighted by Crippen LogP contribution is 2.58. The number of halogens is 2. The number of ether oxygens (including phenoxy) is 2. The number of imidazole rings is 2. The van der Waals surface area contributed by atoms with Gasteiger partial charge in [-0.05, 0) is 0 Å². The Bertz CT molecular complexity index is 1710. The van der Waals surface area contributed by atoms with Gasteiger partial charge in [-0.15, -0.1) is 0 Å². The zero-order valence-electron chi connectivity index (χ0n) is 22.4. The molecule has 3 saturated heterocycles. The lowest BCUT2D eigenvalue weighted by molar-refractivity contribution is -0.0546. The Morgan fingerprint density at radius 3 is 1.80 bits per heavy atom. The largest absolute Gasteiger partial charge is 0.386 e. The van der Waals surface area contributed by atoms with E-state index in [1.807, 2.05) is 0 Å². The lowest BCUT2D eigenvalue weighted by Gasteiger charge is -2.29. The van der Waals surface area contributed by atoms with E-state index in [1.165, 1.54) is 34.4 Å². The van der Waals surface area contributed by atoms with Crippen LogP contribution in [0.15, 0.2) is 25.3 Å². The van der Waals surface area contributed by atoms with E-state index >= 15 is 8.78 Å². The molecule has 18 nitrogen and oxygen atoms in total. The van der Waals surface area contributed by atoms with Crippen molar-refractivity contribution in [2.75, 3.05) is 24.7 Å². The molecule has 3 fully saturated rings. The molecule has 3 aliphatic heterocycles. The van der Waals surface area contributed by atoms with Crippen LogP contribution in [0.5, 0.6) is 0 Å². The van der Waals surface area contributed by atoms with E-state index in [1.54, 1.807) is 0 Å². The standard InChI is InChI=1S/C20H23BF2N10O8P2S/c21-42(34)36-1-7-14(10(23)20(38-7)33-6-31-12-16(25)27-4-29-18(12)33)41-43(35,44)37-2-8-13(40-42)9(22)19(39-8)32-5-30-11-15(24)26-3-28-17(11)32/h3-10,13-14,19-20H,1-2,21H2,(H,35,44)(H2,24,26,28)(H2,25,27,29)/t7-,8-,9?,10?,13?,14?,19-,20-,42-,43+/m1/s1. The molecule has 7 heterocycles. The summed E-state index contributed by atoms with van der Waals surface area (Å²) in [4.78, 5) is 24.1. The average molecular weight is 674 g/mol. The summed E-state index contributed by atoms with van der Waals surface area (Å²) < 4.78 is 95.1. The normalized spacial score (nSPS) is 38.2. The van der Waals surface area contributed by atoms with Gasteiger partial charge in [0.05, 0.1) is 25.9 Å². The summed E-state index contributed by atoms with van der Waals surface area (Å²) in [7, 11) is -2.97. The van der Waals surface area contributed by atoms with E-state index in [0.717, 1.165) is 7.57 Å². The molecule has 234 valence electrons. The molecule has 44 heavy (non-hydrogen) atoms. The number of nitrogens with two attached hydrogens (primary N) is 2. The molecule has 0 amide bonds. The molecule has 0 aliphatic carbocycles. The van der Waals surface area contributed by atoms with Gasteiger partial charge in [0.2, 0.25) is 0 Å². The maximum Gasteiger partial charge on any atom is 0.386 e. The molecule has 0 spiro atoms. The minimum absolute atomic E-state index is 0.0605. The first kappa shape index (κ1) is 29.9. The van der Waals surface area contributed by atoms with Crippen molar-refractivity contribution in [3.63, 3.8) is 0 Å². The van der Waals surface area contributed by atoms with E-state index in [0.29, 0.717) is 0 Å². The molecular formula is C20H23BF2N10O8P2S. The third-order valence-electron chi connectivity index (χ3n) is 7.30. The highest BCUT2D eigenvalue weighted by atomic mass is 32.7. The van der Waals surface area contributed by atoms with Gasteiger partial charge in [-0.1, -0.05) is 12.2 Å². The number of nitrogens with zero attached hydrogens (tertiary/aromatic N) is 8. The fraction of sp³-hybridized carbons (Fsp3) is 0.500. The van der Waals surface area contributed by atoms with Gasteiger partial charge in [0.25, 0.3) is 15.0 Å². The van der Waals surface area contributed by atoms with E-state index < -0.39 is 76.7 Å². The van der Waals surface area contributed by atoms with Crippen molar-refractivity contribution in [1.82, 2.24) is 39.0 Å². The van der Waals surface area contributed by atoms with Crippen LogP contribution >= 0.6 is 26.5 Å². The van der Waals surface area contributed by atoms with Crippen LogP contribution in [0.2, 0.25) is 0 Å². The minimum Gasteiger partial charge on any atom is -0.382 e. The van der Waals surface area contributed by atoms with Gasteiger partial charge < -0.3 is 30.0 Å². The van der Waals surface area contributed by atoms with Crippen molar-refractivity contribution in [1.29, 1.82) is 0 Å². The molecule has 4 unspecified atom stereocenters. The van der Waals surface area contributed by atoms with Gasteiger partial charge in [-0.3, -0.25) is 22.7 Å². The second kappa shape index (κ2) is 10.9. The molecule has 4 aromatic rings. The number of alkyl halides is 2. The van der Waals surface area contributed by atoms with Crippen LogP contribution in [0.25, 0.3) is 22.3 Å². The molecular weight excluding hydrogens is 651 g/mol. The third kappa shape index (κ3) is 5.17. The van der Waals surface area contributed by atoms with Gasteiger partial charge in [0, 0.05) is 0 Å². The number of fused-ring (bicyclic) bond motifs is 4. The molecule has 0 bridgehead atoms. The predicted octanol–water partition coefficient (Wildman–Crippen LogP) is 0.898. The van der Waals surface area contributed by atoms with Crippen LogP contribution in [-0.2, 0) is 36.7 Å². The van der Waals surface area contributed by atoms with E-state index in [2.05, 4.69) is 42.2 Å². The van der Waals surface area contributed by atoms with Crippen molar-refractivity contribution in [2.24, 2.45) is 0 Å². The Morgan fingerprint density at radius 2 is 1.27 bits per heavy atom. The first-order valence-electron chi connectivity index (χ1n) is 12.9. The smallest absolute Gasteiger partial charge is 0.382 e. The highest BCUT2D eigenvalue weighted by Gasteiger charge is 2.54. The first-order valence-corrected chi connectivity index (χ1v) is 17.6. The maximum atomic E-state index is 16.0. The molecule has 0 saturated carbocycles. The number of rotatable bonds is 2. The lowest BCUT2D eigenvalue weighted by atomic mass is 10.1. The Kier molecular flexibility index (Phi) is 7.42. The van der Waals surface area contributed by atoms with Crippen LogP contribution in [-0.4, -0.2) is 96.6 Å². The lowest BCUT2D eigenvalue weighted by Crippen LogP contribution is -2.37. The number of hydrogen-bond donors (Lipinski definition) is 3. The average Bonchev–Trinajstić information content (AvgIpc) is 3.73. The molecule has 0 radical (unpaired) electrons. The Morgan fingerprint density at radius 1 is 0.795 bits per heavy atom. The fourth-order valence-corrected chi connectivity index (χ4v) is 7.94. The summed E-state index contributed by atoms with van der Waals surface area (Å²) in [6, 6.07) is 0. The van der Waals surface area contributed by atoms with E-state index in [-0.39, 0.29) is 34.0 Å². The van der Waals surface area contributed by atoms with Crippen LogP contribution in [0, 0.1) is 0 Å². The van der Waals surface area contributed by atoms with Gasteiger partial charge >= 0.3 is 6.80 Å². The Hall–Kier alpha value is -2.81. The molecule has 4 N–H and O–H groups in total. The van der Waals surface area contributed by atoms with Crippen LogP contribution < -0.4 is 11.5 Å². The number of anilines is 2. The van der Waals surface area contributed by atoms with E-state index in [9.17, 15) is 9.13 Å². The van der Waals surface area contributed by atoms with Gasteiger partial charge in [-0.2, -0.15) is 0 Å². The van der Waals surface area contributed by atoms with Gasteiger partial charge in [-0.25, -0.2) is 43.2 Å². The number of thiol groups is 1. The molecule has 7 rings (SSSR count). The minimum atomic E-state index is -4.37. The van der Waals surface area contributed by atoms with Crippen molar-refractivity contribution in [3.8, 4) is 0 Å². The summed E-state index contributed by atoms with van der Waals surface area (Å²) in [5.41, 5.74) is 12.4. The first-order chi connectivity index (χ1) is 20.9. The SMILES string of the molecule is B[P@@]1(=O)OC[C@H]2O[C@@H](n3cnc4c(N)ncnc43)C(F)C2O[P@@](=O)(S)OC[C@H]2O[C@@H](n3cnc4c(N)ncnc43)C(F)C2O1. The summed E-state index contributed by atoms with van der Waals surface area (Å²) in [5, 5.41) is 0. The number of nitrogen functional groups attached to an aromatic ring is 2. The zero-order chi connectivity index (χ0) is 31.0. The van der Waals surface area contributed by atoms with Crippen molar-refractivity contribution >= 4 is 68.0 Å². The topological polar surface area (TPSA) is 229 Å². The quantitative estimate of drug-likeness (QED) is 0.152. The summed E-state index contributed by atoms with van der Waals surface area (Å²) >= 11 is 4.01. The summed E-state index contributed by atoms with van der Waals surface area (Å²) in [6.07, 6.45) is -7.72. The summed E-state index contributed by atoms with van der Waals surface area (Å²) in [5.74, 6) is 0.123. The van der Waals surface area contributed by atoms with E-state index in [4.69, 9.17) is 39.0 Å². The fourth-order valence-electron chi connectivity index (χ4n) is 5.28. The maximum absolute atomic E-state index is 16.0. The van der Waals surface area contributed by atoms with Gasteiger partial charge in [0.15, 0.2) is 47.7 Å². The molecule has 3 aliphatic rings. The molecule has 10 atom stereocenters. The van der Waals surface area contributed by atoms with Gasteiger partial charge in [0.1, 0.15) is 48.1 Å². The highest BCUT2D eigenvalue weighted by molar-refractivity contribution is 8.44. The van der Waals surface area contributed by atoms with Crippen molar-refractivity contribution < 1.29 is 45.5 Å². The molecule has 4 aromatic heterocycles.